The van der Waals surface area contributed by atoms with E-state index in [-0.39, 0.29) is 29.5 Å². The average Bonchev–Trinajstić information content (AvgIpc) is 3.27. The van der Waals surface area contributed by atoms with Gasteiger partial charge in [0.2, 0.25) is 0 Å². The van der Waals surface area contributed by atoms with Crippen LogP contribution in [0.1, 0.15) is 58.4 Å². The molecule has 3 aliphatic rings. The van der Waals surface area contributed by atoms with Crippen LogP contribution in [0.4, 0.5) is 17.1 Å². The zero-order valence-electron chi connectivity index (χ0n) is 33.5. The average molecular weight is 873 g/mol. The van der Waals surface area contributed by atoms with Gasteiger partial charge in [-0.1, -0.05) is 47.5 Å². The molecule has 1 amide bonds. The Bertz CT molecular complexity index is 2320. The number of hydrogen-bond acceptors (Lipinski definition) is 12. The van der Waals surface area contributed by atoms with Gasteiger partial charge in [0, 0.05) is 78.3 Å². The fourth-order valence-electron chi connectivity index (χ4n) is 7.83. The molecular weight excluding hydrogens is 824 g/mol. The van der Waals surface area contributed by atoms with Crippen molar-refractivity contribution in [3.05, 3.63) is 128 Å². The van der Waals surface area contributed by atoms with Gasteiger partial charge in [-0.3, -0.25) is 19.8 Å². The van der Waals surface area contributed by atoms with Crippen LogP contribution in [0.25, 0.3) is 5.57 Å². The molecule has 316 valence electrons. The highest BCUT2D eigenvalue weighted by atomic mass is 35.5. The van der Waals surface area contributed by atoms with Crippen molar-refractivity contribution < 1.29 is 27.7 Å². The number of nitro benzene ring substituents is 1. The predicted octanol–water partition coefficient (Wildman–Crippen LogP) is 7.58. The zero-order chi connectivity index (χ0) is 42.2. The second-order valence-electron chi connectivity index (χ2n) is 15.4. The lowest BCUT2D eigenvalue weighted by Gasteiger charge is -2.37. The standard InChI is InChI=1S/C44H49ClN6O7S2/c1-48-20-19-35(30-59-37-8-3-2-4-9-37)46-42-40(44(53)58-26-25-48)27-38(28-41(42)51(54)55)60(56,57)47-43(52)32-13-17-36(18-14-32)50-23-21-49(22-24-50)29-33-7-5-6-10-39(33)31-11-15-34(45)16-12-31/h2-4,8-9,11-18,27-28,35,46H,5-7,10,19-26,29-30H2,1H3,(H,47,52)/t35-/m1/s1. The molecule has 0 saturated carbocycles. The monoisotopic (exact) mass is 872 g/mol. The number of rotatable bonds is 11. The number of benzene rings is 4. The summed E-state index contributed by atoms with van der Waals surface area (Å²) in [6.45, 7) is 5.29. The highest BCUT2D eigenvalue weighted by Gasteiger charge is 2.32. The molecule has 2 N–H and O–H groups in total. The number of piperazine rings is 1. The number of nitrogens with one attached hydrogen (secondary N) is 2. The summed E-state index contributed by atoms with van der Waals surface area (Å²) in [6, 6.07) is 26.1. The van der Waals surface area contributed by atoms with Gasteiger partial charge in [0.05, 0.1) is 15.4 Å². The van der Waals surface area contributed by atoms with Gasteiger partial charge in [-0.25, -0.2) is 17.9 Å². The number of amides is 1. The third-order valence-corrected chi connectivity index (χ3v) is 13.9. The number of carbonyl (C=O) groups excluding carboxylic acids is 2. The van der Waals surface area contributed by atoms with E-state index in [2.05, 4.69) is 27.2 Å². The van der Waals surface area contributed by atoms with Crippen molar-refractivity contribution in [3.8, 4) is 0 Å². The topological polar surface area (TPSA) is 154 Å². The molecule has 0 unspecified atom stereocenters. The molecule has 7 rings (SSSR count). The third-order valence-electron chi connectivity index (χ3n) is 11.2. The first-order valence-electron chi connectivity index (χ1n) is 20.2. The largest absolute Gasteiger partial charge is 0.461 e. The number of likely N-dealkylation sites (N-methyl/N-ethyl adjacent to an activating group) is 1. The Kier molecular flexibility index (Phi) is 14.1. The Morgan fingerprint density at radius 2 is 1.67 bits per heavy atom. The SMILES string of the molecule is CN1CCOC(=O)c2cc(S(=O)(=O)NC(=O)c3ccc(N4CCN(CC5=C(c6ccc(Cl)cc6)CCCC5)CC4)cc3)cc([N+](=O)[O-])c2N[C@@H](CSc2ccccc2)CC1. The number of thioether (sulfide) groups is 1. The van der Waals surface area contributed by atoms with Crippen LogP contribution in [0.15, 0.2) is 106 Å². The molecule has 0 radical (unpaired) electrons. The number of cyclic esters (lactones) is 1. The summed E-state index contributed by atoms with van der Waals surface area (Å²) in [4.78, 5) is 45.7. The lowest BCUT2D eigenvalue weighted by atomic mass is 9.87. The lowest BCUT2D eigenvalue weighted by molar-refractivity contribution is -0.384. The Hall–Kier alpha value is -4.93. The van der Waals surface area contributed by atoms with Crippen molar-refractivity contribution >= 4 is 67.9 Å². The maximum Gasteiger partial charge on any atom is 0.340 e. The van der Waals surface area contributed by atoms with E-state index in [0.717, 1.165) is 73.3 Å². The van der Waals surface area contributed by atoms with E-state index < -0.39 is 37.4 Å². The smallest absolute Gasteiger partial charge is 0.340 e. The molecule has 1 atom stereocenters. The number of halogens is 1. The summed E-state index contributed by atoms with van der Waals surface area (Å²) in [7, 11) is -2.79. The Labute approximate surface area is 360 Å². The number of anilines is 2. The van der Waals surface area contributed by atoms with Gasteiger partial charge in [-0.05, 0) is 111 Å². The van der Waals surface area contributed by atoms with Crippen molar-refractivity contribution in [3.63, 3.8) is 0 Å². The van der Waals surface area contributed by atoms with Crippen molar-refractivity contribution in [1.29, 1.82) is 0 Å². The van der Waals surface area contributed by atoms with Crippen LogP contribution in [0.5, 0.6) is 0 Å². The molecule has 1 fully saturated rings. The van der Waals surface area contributed by atoms with Crippen LogP contribution in [0.3, 0.4) is 0 Å². The van der Waals surface area contributed by atoms with E-state index in [1.807, 2.05) is 59.1 Å². The lowest BCUT2D eigenvalue weighted by Crippen LogP contribution is -2.47. The Morgan fingerprint density at radius 3 is 2.38 bits per heavy atom. The molecule has 1 aliphatic carbocycles. The number of sulfonamides is 1. The molecule has 2 aliphatic heterocycles. The molecular formula is C44H49ClN6O7S2. The van der Waals surface area contributed by atoms with E-state index in [1.54, 1.807) is 36.0 Å². The first-order chi connectivity index (χ1) is 28.9. The number of carbonyl (C=O) groups is 2. The van der Waals surface area contributed by atoms with E-state index in [1.165, 1.54) is 29.6 Å². The van der Waals surface area contributed by atoms with Crippen LogP contribution < -0.4 is 14.9 Å². The van der Waals surface area contributed by atoms with Gasteiger partial charge < -0.3 is 19.9 Å². The summed E-state index contributed by atoms with van der Waals surface area (Å²) in [5.41, 5.74) is 4.11. The van der Waals surface area contributed by atoms with Gasteiger partial charge >= 0.3 is 5.97 Å². The number of nitro groups is 1. The highest BCUT2D eigenvalue weighted by molar-refractivity contribution is 7.99. The molecule has 0 spiro atoms. The zero-order valence-corrected chi connectivity index (χ0v) is 35.9. The summed E-state index contributed by atoms with van der Waals surface area (Å²) >= 11 is 7.71. The number of nitrogens with zero attached hydrogens (tertiary/aromatic N) is 4. The van der Waals surface area contributed by atoms with Crippen LogP contribution >= 0.6 is 23.4 Å². The molecule has 4 aromatic carbocycles. The first kappa shape index (κ1) is 43.2. The number of ether oxygens (including phenoxy) is 1. The van der Waals surface area contributed by atoms with Gasteiger partial charge in [0.15, 0.2) is 0 Å². The second kappa shape index (κ2) is 19.6. The first-order valence-corrected chi connectivity index (χ1v) is 23.0. The number of allylic oxidation sites excluding steroid dienone is 1. The highest BCUT2D eigenvalue weighted by Crippen LogP contribution is 2.36. The normalized spacial score (nSPS) is 18.5. The van der Waals surface area contributed by atoms with E-state index in [9.17, 15) is 28.1 Å². The summed E-state index contributed by atoms with van der Waals surface area (Å²) in [5, 5.41) is 16.4. The molecule has 2 heterocycles. The Balaban J connectivity index is 1.03. The van der Waals surface area contributed by atoms with Gasteiger partial charge in [0.1, 0.15) is 12.3 Å². The van der Waals surface area contributed by atoms with Crippen molar-refractivity contribution in [1.82, 2.24) is 14.5 Å². The van der Waals surface area contributed by atoms with Crippen LogP contribution in [0.2, 0.25) is 5.02 Å². The minimum atomic E-state index is -4.68. The molecule has 0 aromatic heterocycles. The fraction of sp³-hybridized carbons (Fsp3) is 0.364. The van der Waals surface area contributed by atoms with Crippen molar-refractivity contribution in [2.75, 3.05) is 75.4 Å². The second-order valence-corrected chi connectivity index (χ2v) is 18.6. The van der Waals surface area contributed by atoms with E-state index in [0.29, 0.717) is 25.3 Å². The summed E-state index contributed by atoms with van der Waals surface area (Å²) in [6.07, 6.45) is 5.13. The molecule has 1 saturated heterocycles. The molecule has 4 aromatic rings. The molecule has 60 heavy (non-hydrogen) atoms. The molecule has 0 bridgehead atoms. The van der Waals surface area contributed by atoms with Crippen molar-refractivity contribution in [2.24, 2.45) is 0 Å². The van der Waals surface area contributed by atoms with Gasteiger partial charge in [-0.15, -0.1) is 11.8 Å². The fourth-order valence-corrected chi connectivity index (χ4v) is 9.97. The van der Waals surface area contributed by atoms with Crippen LogP contribution in [-0.4, -0.2) is 106 Å². The maximum atomic E-state index is 13.7. The predicted molar refractivity (Wildman–Crippen MR) is 237 cm³/mol. The minimum absolute atomic E-state index is 0.00433. The van der Waals surface area contributed by atoms with Crippen LogP contribution in [-0.2, 0) is 14.8 Å². The third kappa shape index (κ3) is 10.9. The number of hydrogen-bond donors (Lipinski definition) is 2. The minimum Gasteiger partial charge on any atom is -0.461 e. The number of fused-ring (bicyclic) bond motifs is 1. The van der Waals surface area contributed by atoms with Gasteiger partial charge in [-0.2, -0.15) is 0 Å². The van der Waals surface area contributed by atoms with E-state index >= 15 is 0 Å². The van der Waals surface area contributed by atoms with Crippen LogP contribution in [0, 0.1) is 10.1 Å². The summed E-state index contributed by atoms with van der Waals surface area (Å²) < 4.78 is 35.0. The molecule has 13 nitrogen and oxygen atoms in total. The van der Waals surface area contributed by atoms with E-state index in [4.69, 9.17) is 16.3 Å². The van der Waals surface area contributed by atoms with Gasteiger partial charge in [0.25, 0.3) is 21.6 Å². The Morgan fingerprint density at radius 1 is 0.950 bits per heavy atom. The summed E-state index contributed by atoms with van der Waals surface area (Å²) in [5.74, 6) is -1.32. The van der Waals surface area contributed by atoms with Crippen molar-refractivity contribution in [2.45, 2.75) is 47.9 Å². The quantitative estimate of drug-likeness (QED) is 0.0661. The number of esters is 1. The maximum absolute atomic E-state index is 13.7. The molecule has 16 heteroatoms.